The van der Waals surface area contributed by atoms with Crippen LogP contribution in [-0.4, -0.2) is 40.4 Å². The smallest absolute Gasteiger partial charge is 0.264 e. The first-order chi connectivity index (χ1) is 13.2. The van der Waals surface area contributed by atoms with E-state index in [9.17, 15) is 4.79 Å². The topological polar surface area (TPSA) is 58.1 Å². The van der Waals surface area contributed by atoms with Gasteiger partial charge >= 0.3 is 0 Å². The van der Waals surface area contributed by atoms with E-state index in [1.165, 1.54) is 30.6 Å². The number of thiophene rings is 1. The van der Waals surface area contributed by atoms with E-state index in [0.717, 1.165) is 70.8 Å². The first-order valence-electron chi connectivity index (χ1n) is 10.2. The van der Waals surface area contributed by atoms with Crippen LogP contribution in [0, 0.1) is 24.7 Å². The summed E-state index contributed by atoms with van der Waals surface area (Å²) >= 11 is 1.52. The van der Waals surface area contributed by atoms with Crippen molar-refractivity contribution in [2.45, 2.75) is 39.0 Å². The molecule has 2 aromatic rings. The Morgan fingerprint density at radius 3 is 2.81 bits per heavy atom. The third kappa shape index (κ3) is 3.04. The van der Waals surface area contributed by atoms with Gasteiger partial charge in [-0.2, -0.15) is 0 Å². The van der Waals surface area contributed by atoms with Crippen LogP contribution in [0.2, 0.25) is 0 Å². The summed E-state index contributed by atoms with van der Waals surface area (Å²) < 4.78 is 0. The first kappa shape index (κ1) is 17.2. The number of aryl methyl sites for hydroxylation is 1. The molecule has 1 aliphatic heterocycles. The predicted octanol–water partition coefficient (Wildman–Crippen LogP) is 4.25. The van der Waals surface area contributed by atoms with Gasteiger partial charge in [0.05, 0.1) is 10.3 Å². The number of nitrogens with zero attached hydrogens (tertiary/aromatic N) is 3. The van der Waals surface area contributed by atoms with Crippen LogP contribution in [0.1, 0.15) is 47.3 Å². The number of hydrogen-bond donors (Lipinski definition) is 1. The van der Waals surface area contributed by atoms with Crippen molar-refractivity contribution in [3.8, 4) is 0 Å². The molecule has 3 heterocycles. The van der Waals surface area contributed by atoms with E-state index in [0.29, 0.717) is 5.92 Å². The van der Waals surface area contributed by atoms with Crippen LogP contribution in [0.5, 0.6) is 0 Å². The van der Waals surface area contributed by atoms with Crippen molar-refractivity contribution in [3.05, 3.63) is 28.9 Å². The number of nitrogens with one attached hydrogen (secondary N) is 1. The van der Waals surface area contributed by atoms with E-state index >= 15 is 0 Å². The highest BCUT2D eigenvalue weighted by atomic mass is 32.1. The number of hydrogen-bond acceptors (Lipinski definition) is 5. The zero-order valence-electron chi connectivity index (χ0n) is 15.8. The molecule has 3 aliphatic rings. The van der Waals surface area contributed by atoms with Crippen LogP contribution in [0.3, 0.4) is 0 Å². The van der Waals surface area contributed by atoms with E-state index in [1.54, 1.807) is 6.33 Å². The van der Waals surface area contributed by atoms with Gasteiger partial charge in [0.15, 0.2) is 0 Å². The summed E-state index contributed by atoms with van der Waals surface area (Å²) in [7, 11) is 0. The van der Waals surface area contributed by atoms with Gasteiger partial charge in [0.1, 0.15) is 17.0 Å². The van der Waals surface area contributed by atoms with Crippen molar-refractivity contribution >= 4 is 33.3 Å². The summed E-state index contributed by atoms with van der Waals surface area (Å²) in [6.07, 6.45) is 12.4. The molecule has 2 aromatic heterocycles. The summed E-state index contributed by atoms with van der Waals surface area (Å²) in [5.74, 6) is 3.25. The molecule has 5 rings (SSSR count). The van der Waals surface area contributed by atoms with Crippen LogP contribution in [-0.2, 0) is 0 Å². The van der Waals surface area contributed by atoms with E-state index in [2.05, 4.69) is 27.4 Å². The number of likely N-dealkylation sites (tertiary alicyclic amines) is 1. The van der Waals surface area contributed by atoms with Crippen molar-refractivity contribution in [1.29, 1.82) is 0 Å². The average Bonchev–Trinajstić information content (AvgIpc) is 3.41. The third-order valence-corrected chi connectivity index (χ3v) is 7.70. The fourth-order valence-corrected chi connectivity index (χ4v) is 6.12. The van der Waals surface area contributed by atoms with E-state index in [1.807, 2.05) is 11.8 Å². The molecule has 1 saturated carbocycles. The molecular formula is C21H26N4OS. The Kier molecular flexibility index (Phi) is 4.38. The minimum absolute atomic E-state index is 0.166. The number of carbonyl (C=O) groups excluding carboxylic acids is 1. The molecule has 142 valence electrons. The number of carbonyl (C=O) groups is 1. The Morgan fingerprint density at radius 1 is 1.22 bits per heavy atom. The fraction of sp³-hybridized carbons (Fsp3) is 0.571. The van der Waals surface area contributed by atoms with E-state index < -0.39 is 0 Å². The molecule has 1 N–H and O–H groups in total. The number of amides is 1. The Morgan fingerprint density at radius 2 is 2.07 bits per heavy atom. The molecule has 0 spiro atoms. The molecule has 0 radical (unpaired) electrons. The molecule has 0 aromatic carbocycles. The molecule has 0 unspecified atom stereocenters. The monoisotopic (exact) mass is 382 g/mol. The van der Waals surface area contributed by atoms with Gasteiger partial charge in [-0.05, 0) is 62.3 Å². The third-order valence-electron chi connectivity index (χ3n) is 6.51. The molecule has 1 saturated heterocycles. The van der Waals surface area contributed by atoms with Gasteiger partial charge in [-0.3, -0.25) is 4.79 Å². The minimum atomic E-state index is 0.166. The largest absolute Gasteiger partial charge is 0.369 e. The quantitative estimate of drug-likeness (QED) is 0.803. The highest BCUT2D eigenvalue weighted by Gasteiger charge is 2.35. The number of rotatable bonds is 4. The summed E-state index contributed by atoms with van der Waals surface area (Å²) in [6, 6.07) is 0. The zero-order chi connectivity index (χ0) is 18.4. The van der Waals surface area contributed by atoms with Crippen molar-refractivity contribution in [1.82, 2.24) is 14.9 Å². The standard InChI is InChI=1S/C21H26N4OS/c1-13-17-19(22-11-16-10-14-5-6-15(16)9-14)23-12-24-20(17)27-18(13)21(26)25-7-3-2-4-8-25/h5-6,12,14-16H,2-4,7-11H2,1H3,(H,22,23,24)/t14-,15+,16-/m0/s1. The van der Waals surface area contributed by atoms with Crippen molar-refractivity contribution in [2.75, 3.05) is 25.0 Å². The highest BCUT2D eigenvalue weighted by Crippen LogP contribution is 2.43. The lowest BCUT2D eigenvalue weighted by Gasteiger charge is -2.26. The Balaban J connectivity index is 1.39. The van der Waals surface area contributed by atoms with Gasteiger partial charge in [0.2, 0.25) is 0 Å². The van der Waals surface area contributed by atoms with Crippen LogP contribution < -0.4 is 5.32 Å². The molecule has 1 amide bonds. The SMILES string of the molecule is Cc1c(C(=O)N2CCCCC2)sc2ncnc(NC[C@@H]3C[C@H]4C=C[C@@H]3C4)c12. The predicted molar refractivity (Wildman–Crippen MR) is 109 cm³/mol. The summed E-state index contributed by atoms with van der Waals surface area (Å²) in [4.78, 5) is 25.7. The fourth-order valence-electron chi connectivity index (χ4n) is 5.01. The Bertz CT molecular complexity index is 899. The van der Waals surface area contributed by atoms with Gasteiger partial charge in [-0.25, -0.2) is 9.97 Å². The van der Waals surface area contributed by atoms with Crippen molar-refractivity contribution < 1.29 is 4.79 Å². The van der Waals surface area contributed by atoms with Gasteiger partial charge in [0.25, 0.3) is 5.91 Å². The number of aromatic nitrogens is 2. The number of allylic oxidation sites excluding steroid dienone is 2. The summed E-state index contributed by atoms with van der Waals surface area (Å²) in [5.41, 5.74) is 1.03. The molecule has 3 atom stereocenters. The minimum Gasteiger partial charge on any atom is -0.369 e. The van der Waals surface area contributed by atoms with Gasteiger partial charge in [0, 0.05) is 19.6 Å². The number of fused-ring (bicyclic) bond motifs is 3. The second-order valence-corrected chi connectivity index (χ2v) is 9.23. The highest BCUT2D eigenvalue weighted by molar-refractivity contribution is 7.20. The lowest BCUT2D eigenvalue weighted by Crippen LogP contribution is -2.35. The molecule has 2 aliphatic carbocycles. The maximum Gasteiger partial charge on any atom is 0.264 e. The molecule has 6 heteroatoms. The number of anilines is 1. The van der Waals surface area contributed by atoms with Gasteiger partial charge in [-0.1, -0.05) is 12.2 Å². The Hall–Kier alpha value is -1.95. The summed E-state index contributed by atoms with van der Waals surface area (Å²) in [5, 5.41) is 4.61. The molecule has 2 bridgehead atoms. The maximum absolute atomic E-state index is 13.0. The maximum atomic E-state index is 13.0. The first-order valence-corrected chi connectivity index (χ1v) is 11.0. The zero-order valence-corrected chi connectivity index (χ0v) is 16.6. The lowest BCUT2D eigenvalue weighted by atomic mass is 9.93. The van der Waals surface area contributed by atoms with Crippen LogP contribution in [0.25, 0.3) is 10.2 Å². The van der Waals surface area contributed by atoms with Crippen molar-refractivity contribution in [3.63, 3.8) is 0 Å². The van der Waals surface area contributed by atoms with Gasteiger partial charge in [-0.15, -0.1) is 11.3 Å². The number of piperidine rings is 1. The Labute approximate surface area is 163 Å². The van der Waals surface area contributed by atoms with Crippen LogP contribution >= 0.6 is 11.3 Å². The van der Waals surface area contributed by atoms with Crippen molar-refractivity contribution in [2.24, 2.45) is 17.8 Å². The summed E-state index contributed by atoms with van der Waals surface area (Å²) in [6.45, 7) is 4.75. The van der Waals surface area contributed by atoms with E-state index in [-0.39, 0.29) is 5.91 Å². The van der Waals surface area contributed by atoms with Gasteiger partial charge < -0.3 is 10.2 Å². The molecule has 5 nitrogen and oxygen atoms in total. The average molecular weight is 383 g/mol. The second kappa shape index (κ2) is 6.89. The normalized spacial score (nSPS) is 26.9. The second-order valence-electron chi connectivity index (χ2n) is 8.23. The lowest BCUT2D eigenvalue weighted by molar-refractivity contribution is 0.0728. The molecule has 27 heavy (non-hydrogen) atoms. The molecule has 2 fully saturated rings. The van der Waals surface area contributed by atoms with E-state index in [4.69, 9.17) is 0 Å². The van der Waals surface area contributed by atoms with Crippen LogP contribution in [0.4, 0.5) is 5.82 Å². The molecular weight excluding hydrogens is 356 g/mol. The van der Waals surface area contributed by atoms with Crippen LogP contribution in [0.15, 0.2) is 18.5 Å².